The van der Waals surface area contributed by atoms with E-state index in [1.165, 1.54) is 4.90 Å². The predicted molar refractivity (Wildman–Crippen MR) is 98.1 cm³/mol. The molecular weight excluding hydrogens is 350 g/mol. The quantitative estimate of drug-likeness (QED) is 0.461. The number of hydrogen-bond acceptors (Lipinski definition) is 7. The lowest BCUT2D eigenvalue weighted by Crippen LogP contribution is -2.41. The summed E-state index contributed by atoms with van der Waals surface area (Å²) in [5.41, 5.74) is 1.44. The highest BCUT2D eigenvalue weighted by Crippen LogP contribution is 2.34. The van der Waals surface area contributed by atoms with E-state index in [4.69, 9.17) is 0 Å². The van der Waals surface area contributed by atoms with Crippen molar-refractivity contribution < 1.29 is 30.0 Å². The van der Waals surface area contributed by atoms with Crippen molar-refractivity contribution in [3.8, 4) is 0 Å². The van der Waals surface area contributed by atoms with Crippen LogP contribution in [0, 0.1) is 0 Å². The van der Waals surface area contributed by atoms with Gasteiger partial charge in [0.15, 0.2) is 11.6 Å². The molecule has 2 aromatic rings. The van der Waals surface area contributed by atoms with Crippen LogP contribution in [0.15, 0.2) is 42.5 Å². The highest BCUT2D eigenvalue weighted by Gasteiger charge is 2.33. The molecule has 0 aliphatic heterocycles. The van der Waals surface area contributed by atoms with Gasteiger partial charge in [-0.25, -0.2) is 0 Å². The molecule has 7 nitrogen and oxygen atoms in total. The molecule has 3 rings (SSSR count). The van der Waals surface area contributed by atoms with Gasteiger partial charge < -0.3 is 25.3 Å². The summed E-state index contributed by atoms with van der Waals surface area (Å²) >= 11 is 0. The van der Waals surface area contributed by atoms with Crippen LogP contribution in [0.5, 0.6) is 0 Å². The third-order valence-electron chi connectivity index (χ3n) is 4.55. The third kappa shape index (κ3) is 3.63. The maximum atomic E-state index is 13.1. The molecule has 4 N–H and O–H groups in total. The highest BCUT2D eigenvalue weighted by molar-refractivity contribution is 6.30. The van der Waals surface area contributed by atoms with E-state index in [-0.39, 0.29) is 35.8 Å². The summed E-state index contributed by atoms with van der Waals surface area (Å²) in [6.45, 7) is -1.16. The van der Waals surface area contributed by atoms with E-state index in [1.54, 1.807) is 42.5 Å². The molecule has 1 aliphatic rings. The van der Waals surface area contributed by atoms with Crippen molar-refractivity contribution in [1.82, 2.24) is 0 Å². The lowest BCUT2D eigenvalue weighted by atomic mass is 9.83. The van der Waals surface area contributed by atoms with Gasteiger partial charge in [0.1, 0.15) is 0 Å². The maximum Gasteiger partial charge on any atom is 0.196 e. The fourth-order valence-corrected chi connectivity index (χ4v) is 3.29. The topological polar surface area (TPSA) is 118 Å². The zero-order chi connectivity index (χ0) is 19.6. The molecule has 2 unspecified atom stereocenters. The number of ketones is 2. The van der Waals surface area contributed by atoms with E-state index in [2.05, 4.69) is 0 Å². The Kier molecular flexibility index (Phi) is 5.67. The number of anilines is 1. The molecule has 0 fully saturated rings. The summed E-state index contributed by atoms with van der Waals surface area (Å²) in [7, 11) is 0. The van der Waals surface area contributed by atoms with Gasteiger partial charge in [-0.05, 0) is 6.07 Å². The van der Waals surface area contributed by atoms with Crippen molar-refractivity contribution in [3.05, 3.63) is 64.7 Å². The average molecular weight is 371 g/mol. The van der Waals surface area contributed by atoms with Crippen molar-refractivity contribution in [2.75, 3.05) is 31.2 Å². The van der Waals surface area contributed by atoms with E-state index < -0.39 is 25.4 Å². The Morgan fingerprint density at radius 1 is 0.741 bits per heavy atom. The van der Waals surface area contributed by atoms with Gasteiger partial charge in [-0.3, -0.25) is 9.59 Å². The number of carbonyl (C=O) groups excluding carboxylic acids is 2. The zero-order valence-electron chi connectivity index (χ0n) is 14.6. The van der Waals surface area contributed by atoms with Crippen LogP contribution in [0.3, 0.4) is 0 Å². The Hall–Kier alpha value is -2.58. The molecule has 27 heavy (non-hydrogen) atoms. The van der Waals surface area contributed by atoms with E-state index in [1.807, 2.05) is 0 Å². The first-order valence-electron chi connectivity index (χ1n) is 8.62. The summed E-state index contributed by atoms with van der Waals surface area (Å²) in [5.74, 6) is -0.592. The number of aliphatic hydroxyl groups excluding tert-OH is 4. The van der Waals surface area contributed by atoms with Crippen LogP contribution in [-0.2, 0) is 0 Å². The molecular formula is C20H21NO6. The van der Waals surface area contributed by atoms with Crippen molar-refractivity contribution >= 4 is 17.3 Å². The first-order chi connectivity index (χ1) is 13.0. The van der Waals surface area contributed by atoms with Crippen LogP contribution in [0.2, 0.25) is 0 Å². The second-order valence-electron chi connectivity index (χ2n) is 6.48. The van der Waals surface area contributed by atoms with Crippen LogP contribution in [0.4, 0.5) is 5.69 Å². The molecule has 0 radical (unpaired) electrons. The van der Waals surface area contributed by atoms with Gasteiger partial charge >= 0.3 is 0 Å². The molecule has 2 atom stereocenters. The van der Waals surface area contributed by atoms with Crippen molar-refractivity contribution in [1.29, 1.82) is 0 Å². The first kappa shape index (κ1) is 19.2. The van der Waals surface area contributed by atoms with Gasteiger partial charge in [0, 0.05) is 35.5 Å². The molecule has 0 spiro atoms. The monoisotopic (exact) mass is 371 g/mol. The van der Waals surface area contributed by atoms with E-state index >= 15 is 0 Å². The molecule has 7 heteroatoms. The van der Waals surface area contributed by atoms with E-state index in [0.717, 1.165) is 0 Å². The predicted octanol–water partition coefficient (Wildman–Crippen LogP) is -0.0252. The van der Waals surface area contributed by atoms with Gasteiger partial charge in [-0.2, -0.15) is 0 Å². The molecule has 142 valence electrons. The van der Waals surface area contributed by atoms with Crippen LogP contribution in [0.25, 0.3) is 0 Å². The van der Waals surface area contributed by atoms with Gasteiger partial charge in [0.2, 0.25) is 0 Å². The molecule has 0 heterocycles. The fraction of sp³-hybridized carbons (Fsp3) is 0.300. The Balaban J connectivity index is 2.11. The second kappa shape index (κ2) is 7.98. The van der Waals surface area contributed by atoms with Crippen molar-refractivity contribution in [2.45, 2.75) is 12.2 Å². The SMILES string of the molecule is O=C1c2ccccc2C(=O)c2c1cccc2N(CC(O)CO)CC(O)CO. The lowest BCUT2D eigenvalue weighted by Gasteiger charge is -2.31. The normalized spacial score (nSPS) is 15.1. The van der Waals surface area contributed by atoms with Crippen LogP contribution in [-0.4, -0.2) is 70.5 Å². The van der Waals surface area contributed by atoms with Crippen LogP contribution >= 0.6 is 0 Å². The number of aliphatic hydroxyl groups is 4. The van der Waals surface area contributed by atoms with Gasteiger partial charge in [0.25, 0.3) is 0 Å². The number of benzene rings is 2. The Morgan fingerprint density at radius 3 is 1.81 bits per heavy atom. The number of carbonyl (C=O) groups is 2. The zero-order valence-corrected chi connectivity index (χ0v) is 14.6. The second-order valence-corrected chi connectivity index (χ2v) is 6.48. The average Bonchev–Trinajstić information content (AvgIpc) is 2.70. The standard InChI is InChI=1S/C20H21NO6/c22-10-12(24)8-21(9-13(25)11-23)17-7-3-6-16-18(17)20(27)15-5-2-1-4-14(15)19(16)26/h1-7,12-13,22-25H,8-11H2. The van der Waals surface area contributed by atoms with Crippen molar-refractivity contribution in [2.24, 2.45) is 0 Å². The molecule has 0 bridgehead atoms. The number of rotatable bonds is 7. The summed E-state index contributed by atoms with van der Waals surface area (Å²) in [6, 6.07) is 11.4. The highest BCUT2D eigenvalue weighted by atomic mass is 16.3. The lowest BCUT2D eigenvalue weighted by molar-refractivity contribution is 0.0837. The van der Waals surface area contributed by atoms with Gasteiger partial charge in [-0.15, -0.1) is 0 Å². The van der Waals surface area contributed by atoms with Gasteiger partial charge in [-0.1, -0.05) is 36.4 Å². The molecule has 0 aromatic heterocycles. The van der Waals surface area contributed by atoms with Crippen LogP contribution < -0.4 is 4.90 Å². The number of nitrogens with zero attached hydrogens (tertiary/aromatic N) is 1. The number of hydrogen-bond donors (Lipinski definition) is 4. The Labute approximate surface area is 156 Å². The maximum absolute atomic E-state index is 13.1. The Bertz CT molecular complexity index is 853. The van der Waals surface area contributed by atoms with E-state index in [9.17, 15) is 30.0 Å². The summed E-state index contributed by atoms with van der Waals surface area (Å²) in [5, 5.41) is 38.1. The summed E-state index contributed by atoms with van der Waals surface area (Å²) < 4.78 is 0. The minimum absolute atomic E-state index is 0.0763. The van der Waals surface area contributed by atoms with Crippen molar-refractivity contribution in [3.63, 3.8) is 0 Å². The molecule has 2 aromatic carbocycles. The van der Waals surface area contributed by atoms with E-state index in [0.29, 0.717) is 16.8 Å². The number of fused-ring (bicyclic) bond motifs is 2. The minimum atomic E-state index is -1.12. The first-order valence-corrected chi connectivity index (χ1v) is 8.62. The third-order valence-corrected chi connectivity index (χ3v) is 4.55. The fourth-order valence-electron chi connectivity index (χ4n) is 3.29. The largest absolute Gasteiger partial charge is 0.394 e. The molecule has 0 amide bonds. The summed E-state index contributed by atoms with van der Waals surface area (Å²) in [4.78, 5) is 27.4. The minimum Gasteiger partial charge on any atom is -0.394 e. The van der Waals surface area contributed by atoms with Crippen LogP contribution in [0.1, 0.15) is 31.8 Å². The smallest absolute Gasteiger partial charge is 0.196 e. The molecule has 1 aliphatic carbocycles. The summed E-state index contributed by atoms with van der Waals surface area (Å²) in [6.07, 6.45) is -2.23. The molecule has 0 saturated heterocycles. The molecule has 0 saturated carbocycles. The van der Waals surface area contributed by atoms with Gasteiger partial charge in [0.05, 0.1) is 31.0 Å². The Morgan fingerprint density at radius 2 is 1.26 bits per heavy atom.